The molecule has 3 N–H and O–H groups in total. The summed E-state index contributed by atoms with van der Waals surface area (Å²) < 4.78 is 25.4. The van der Waals surface area contributed by atoms with Crippen molar-refractivity contribution in [2.45, 2.75) is 206 Å². The lowest BCUT2D eigenvalue weighted by Gasteiger charge is -2.28. The van der Waals surface area contributed by atoms with Crippen molar-refractivity contribution < 1.29 is 87.0 Å². The molecule has 12 atom stereocenters. The fourth-order valence-electron chi connectivity index (χ4n) is 13.1. The molecule has 536 valence electrons. The second-order valence-corrected chi connectivity index (χ2v) is 26.3. The topological polar surface area (TPSA) is 285 Å². The fraction of sp³-hybridized carbons (Fsp3) is 0.481. The largest absolute Gasteiger partial charge is 0.507 e. The number of aryl methyl sites for hydroxylation is 3. The molecule has 3 fully saturated rings. The summed E-state index contributed by atoms with van der Waals surface area (Å²) in [7, 11) is 0. The van der Waals surface area contributed by atoms with Gasteiger partial charge in [-0.2, -0.15) is 38.4 Å². The number of Topliss-reactive ketones (excluding diaryl/α,β-unsaturated/α-hetero) is 2. The van der Waals surface area contributed by atoms with Crippen molar-refractivity contribution in [2.75, 3.05) is 6.61 Å². The smallest absolute Gasteiger partial charge is 0.373 e. The number of ketones is 2. The summed E-state index contributed by atoms with van der Waals surface area (Å²) in [4.78, 5) is 98.7. The first-order valence-corrected chi connectivity index (χ1v) is 35.4. The number of hydrogen-bond acceptors (Lipinski definition) is 18. The van der Waals surface area contributed by atoms with Crippen LogP contribution in [-0.4, -0.2) is 101 Å². The van der Waals surface area contributed by atoms with E-state index in [9.17, 15) is 24.6 Å². The van der Waals surface area contributed by atoms with Gasteiger partial charge >= 0.3 is 30.6 Å². The number of phenolic OH excluding ortho intramolecular Hbond substituents is 1. The third-order valence-corrected chi connectivity index (χ3v) is 18.9. The van der Waals surface area contributed by atoms with Crippen LogP contribution in [0.15, 0.2) is 161 Å². The Balaban J connectivity index is 0.000000414. The van der Waals surface area contributed by atoms with E-state index in [4.69, 9.17) is 62.4 Å². The molecule has 4 unspecified atom stereocenters. The molecule has 0 amide bonds. The first-order chi connectivity index (χ1) is 47.6. The van der Waals surface area contributed by atoms with E-state index in [-0.39, 0.29) is 78.9 Å². The van der Waals surface area contributed by atoms with E-state index < -0.39 is 6.10 Å². The molecular formula is C79H98Br2O18. The summed E-state index contributed by atoms with van der Waals surface area (Å²) >= 11 is 6.77. The maximum absolute atomic E-state index is 11.9. The second-order valence-electron chi connectivity index (χ2n) is 24.6. The minimum absolute atomic E-state index is 0.0485. The van der Waals surface area contributed by atoms with Crippen molar-refractivity contribution in [1.29, 1.82) is 0 Å². The average molecular weight is 1500 g/mol. The van der Waals surface area contributed by atoms with E-state index >= 15 is 0 Å². The molecular weight excluding hydrogens is 1400 g/mol. The lowest BCUT2D eigenvalue weighted by molar-refractivity contribution is -0.193. The highest BCUT2D eigenvalue weighted by Crippen LogP contribution is 2.54. The number of phenols is 1. The van der Waals surface area contributed by atoms with Gasteiger partial charge in [0.05, 0.1) is 39.8 Å². The molecule has 1 saturated heterocycles. The molecule has 99 heavy (non-hydrogen) atoms. The molecule has 10 rings (SSSR count). The summed E-state index contributed by atoms with van der Waals surface area (Å²) in [5, 5.41) is 28.6. The Morgan fingerprint density at radius 3 is 1.83 bits per heavy atom. The quantitative estimate of drug-likeness (QED) is 0.0587. The number of hydrogen-bond donors (Lipinski definition) is 3. The van der Waals surface area contributed by atoms with Crippen LogP contribution in [0.2, 0.25) is 0 Å². The standard InChI is InChI=1S/C21H30O3.C18H21BrO2.C18H24O2.C10H13BrO.C8H10O2.4CO2/c1-4-5-8-16-9-6-10-18-20-17(11-7-12-23-15(3)22)14(2)13-19(20)24-21(16)18;1-3-5-7-13-8-9-16(19)18(10-13)21-15-11-14(6-4-2)17(20)12-15;1-3-5-8-12-9-6-10-14-17-13(7-4-2)15(19)11-16(17)20-18(12)14;1-2-3-4-8-5-6-9(11)10(12)7-8;1-2-3-6-4-7(9)5-8(6)10;4*2-1-3/h6-7,9-11,14,17-21H,4-5,8,12-13H2,1-3H3;4,8-11,15H,2-3,5-7,12H2,1H3;4,6,9-10,13,15-17,19H,2-3,5,7-8,11H2,1H3;5-7,12H,2-4H2,1H3;2,4,7,9H,1,3,5H2;;;;/b11-7+;;;;;;;;/t14-,17?,18?,19+,20+,21?;15-;13?,15-,16+,17+;;7-;;;;/m111.0..../s1. The molecule has 3 aromatic rings. The highest BCUT2D eigenvalue weighted by Gasteiger charge is 2.53. The number of fused-ring (bicyclic) bond motifs is 6. The Kier molecular flexibility index (Phi) is 43.7. The number of carbonyl (C=O) groups excluding carboxylic acids is 11. The number of aromatic hydroxyl groups is 1. The Morgan fingerprint density at radius 2 is 1.27 bits per heavy atom. The van der Waals surface area contributed by atoms with Crippen LogP contribution in [0, 0.1) is 29.6 Å². The minimum atomic E-state index is -0.553. The van der Waals surface area contributed by atoms with Crippen molar-refractivity contribution in [1.82, 2.24) is 0 Å². The van der Waals surface area contributed by atoms with E-state index in [2.05, 4.69) is 141 Å². The van der Waals surface area contributed by atoms with Gasteiger partial charge in [0.15, 0.2) is 11.6 Å². The lowest BCUT2D eigenvalue weighted by Crippen LogP contribution is -2.27. The van der Waals surface area contributed by atoms with Gasteiger partial charge in [0, 0.05) is 43.1 Å². The minimum Gasteiger partial charge on any atom is -0.507 e. The molecule has 18 nitrogen and oxygen atoms in total. The second kappa shape index (κ2) is 49.6. The summed E-state index contributed by atoms with van der Waals surface area (Å²) in [6, 6.07) is 18.5. The number of allylic oxidation sites excluding steroid dienone is 8. The molecule has 0 radical (unpaired) electrons. The summed E-state index contributed by atoms with van der Waals surface area (Å²) in [6.07, 6.45) is 39.4. The third kappa shape index (κ3) is 29.5. The van der Waals surface area contributed by atoms with Crippen LogP contribution in [0.5, 0.6) is 17.2 Å². The number of carbonyl (C=O) groups is 3. The van der Waals surface area contributed by atoms with Crippen LogP contribution in [0.3, 0.4) is 0 Å². The van der Waals surface area contributed by atoms with Crippen LogP contribution in [0.1, 0.15) is 172 Å². The predicted octanol–water partition coefficient (Wildman–Crippen LogP) is 15.3. The molecule has 3 aromatic carbocycles. The molecule has 0 spiro atoms. The number of para-hydroxylation sites is 1. The summed E-state index contributed by atoms with van der Waals surface area (Å²) in [5.74, 6) is 5.05. The number of rotatable bonds is 23. The summed E-state index contributed by atoms with van der Waals surface area (Å²) in [6.45, 7) is 24.0. The molecule has 2 aliphatic heterocycles. The first kappa shape index (κ1) is 87.2. The van der Waals surface area contributed by atoms with E-state index in [0.29, 0.717) is 72.9 Å². The van der Waals surface area contributed by atoms with Gasteiger partial charge in [0.1, 0.15) is 36.1 Å². The van der Waals surface area contributed by atoms with Gasteiger partial charge in [0.2, 0.25) is 0 Å². The number of halogens is 2. The van der Waals surface area contributed by atoms with E-state index in [1.165, 1.54) is 86.1 Å². The SMILES string of the molecule is C=CCC1=C[C@@H](Oc2cc(CCCC)ccc2Br)CC1=O.C=CCC1=C[C@H](O)CC1=O.C=CCC1[C@H](O)C[C@@H]2Oc3c(CCCC)cccc3[C@H]12.CCCCC1=CC=CC2C1O[C@H]1C[C@@H](C)C(/C=C/COC(C)=O)[C@@H]21.CCCCc1ccc(Br)c(O)c1.O=C=O.O=C=O.O=C=O.O=C=O. The number of aliphatic hydroxyl groups excluding tert-OH is 2. The zero-order valence-corrected chi connectivity index (χ0v) is 61.1. The highest BCUT2D eigenvalue weighted by molar-refractivity contribution is 9.11. The van der Waals surface area contributed by atoms with Crippen molar-refractivity contribution in [3.63, 3.8) is 0 Å². The number of aliphatic hydroxyl groups is 2. The average Bonchev–Trinajstić information content (AvgIpc) is 1.61. The zero-order chi connectivity index (χ0) is 73.8. The maximum Gasteiger partial charge on any atom is 0.373 e. The van der Waals surface area contributed by atoms with Gasteiger partial charge in [-0.1, -0.05) is 139 Å². The van der Waals surface area contributed by atoms with Gasteiger partial charge in [-0.15, -0.1) is 19.7 Å². The Hall–Kier alpha value is -7.85. The molecule has 0 bridgehead atoms. The molecule has 2 saturated carbocycles. The van der Waals surface area contributed by atoms with Crippen molar-refractivity contribution in [2.24, 2.45) is 29.6 Å². The van der Waals surface area contributed by atoms with Crippen molar-refractivity contribution in [3.8, 4) is 17.2 Å². The van der Waals surface area contributed by atoms with Crippen molar-refractivity contribution >= 4 is 74.0 Å². The zero-order valence-electron chi connectivity index (χ0n) is 57.9. The van der Waals surface area contributed by atoms with Gasteiger partial charge in [-0.05, 0) is 196 Å². The number of benzene rings is 3. The van der Waals surface area contributed by atoms with Crippen molar-refractivity contribution in [3.05, 3.63) is 183 Å². The molecule has 20 heteroatoms. The summed E-state index contributed by atoms with van der Waals surface area (Å²) in [5.41, 5.74) is 8.12. The monoisotopic (exact) mass is 1490 g/mol. The first-order valence-electron chi connectivity index (χ1n) is 33.8. The Bertz CT molecular complexity index is 3310. The molecule has 0 aromatic heterocycles. The fourth-order valence-corrected chi connectivity index (χ4v) is 13.7. The maximum atomic E-state index is 11.9. The normalized spacial score (nSPS) is 23.1. The van der Waals surface area contributed by atoms with Crippen LogP contribution in [-0.2, 0) is 81.5 Å². The van der Waals surface area contributed by atoms with E-state index in [1.807, 2.05) is 42.5 Å². The Morgan fingerprint density at radius 1 is 0.707 bits per heavy atom. The number of esters is 1. The van der Waals surface area contributed by atoms with Crippen LogP contribution in [0.25, 0.3) is 0 Å². The molecule has 7 aliphatic rings. The Labute approximate surface area is 600 Å². The van der Waals surface area contributed by atoms with Crippen LogP contribution >= 0.6 is 31.9 Å². The van der Waals surface area contributed by atoms with Crippen LogP contribution in [0.4, 0.5) is 0 Å². The molecule has 2 heterocycles. The van der Waals surface area contributed by atoms with E-state index in [0.717, 1.165) is 71.0 Å². The van der Waals surface area contributed by atoms with E-state index in [1.54, 1.807) is 18.2 Å². The van der Waals surface area contributed by atoms with Gasteiger partial charge in [-0.3, -0.25) is 14.4 Å². The third-order valence-electron chi connectivity index (χ3n) is 17.6. The van der Waals surface area contributed by atoms with Gasteiger partial charge in [-0.25, -0.2) is 0 Å². The van der Waals surface area contributed by atoms with Crippen LogP contribution < -0.4 is 9.47 Å². The highest BCUT2D eigenvalue weighted by atomic mass is 79.9. The number of ether oxygens (including phenoxy) is 4. The van der Waals surface area contributed by atoms with Gasteiger partial charge < -0.3 is 34.3 Å². The number of unbranched alkanes of at least 4 members (excludes halogenated alkanes) is 4. The predicted molar refractivity (Wildman–Crippen MR) is 379 cm³/mol. The lowest BCUT2D eigenvalue weighted by atomic mass is 9.76. The molecule has 5 aliphatic carbocycles. The van der Waals surface area contributed by atoms with Gasteiger partial charge in [0.25, 0.3) is 0 Å².